The Balaban J connectivity index is 1.55. The summed E-state index contributed by atoms with van der Waals surface area (Å²) in [6.07, 6.45) is 0.300. The summed E-state index contributed by atoms with van der Waals surface area (Å²) in [5.41, 5.74) is 2.21. The SMILES string of the molecule is O=S(=O)(CCO)Nc1ccc2c(c1)N1CCC(CC1)OCCN(CC(F)F)c1cc(ccn1)-c1nnc-2o1. The smallest absolute Gasteiger partial charge is 0.255 e. The summed E-state index contributed by atoms with van der Waals surface area (Å²) < 4.78 is 65.7. The highest BCUT2D eigenvalue weighted by Crippen LogP contribution is 2.36. The number of anilines is 3. The van der Waals surface area contributed by atoms with Crippen LogP contribution in [0.3, 0.4) is 0 Å². The molecule has 1 fully saturated rings. The second kappa shape index (κ2) is 11.2. The van der Waals surface area contributed by atoms with E-state index in [2.05, 4.69) is 24.8 Å². The molecule has 2 aromatic heterocycles. The number of ether oxygens (including phenoxy) is 1. The van der Waals surface area contributed by atoms with Crippen LogP contribution in [0.25, 0.3) is 22.9 Å². The molecule has 0 aliphatic carbocycles. The summed E-state index contributed by atoms with van der Waals surface area (Å²) in [5, 5.41) is 17.5. The van der Waals surface area contributed by atoms with Crippen molar-refractivity contribution >= 4 is 27.2 Å². The third-order valence-corrected chi connectivity index (χ3v) is 7.73. The second-order valence-corrected chi connectivity index (χ2v) is 10.9. The number of aliphatic hydroxyl groups excluding tert-OH is 1. The number of aromatic nitrogens is 3. The van der Waals surface area contributed by atoms with Gasteiger partial charge in [-0.2, -0.15) is 0 Å². The minimum Gasteiger partial charge on any atom is -0.416 e. The van der Waals surface area contributed by atoms with E-state index >= 15 is 0 Å². The second-order valence-electron chi connectivity index (χ2n) is 9.09. The first-order valence-corrected chi connectivity index (χ1v) is 13.9. The summed E-state index contributed by atoms with van der Waals surface area (Å²) in [6.45, 7) is 0.775. The molecule has 204 valence electrons. The van der Waals surface area contributed by atoms with Gasteiger partial charge in [0.2, 0.25) is 21.8 Å². The molecular formula is C24H28F2N6O5S. The molecule has 0 amide bonds. The van der Waals surface area contributed by atoms with Crippen LogP contribution >= 0.6 is 0 Å². The Labute approximate surface area is 218 Å². The Bertz CT molecular complexity index is 1360. The molecule has 3 aromatic rings. The van der Waals surface area contributed by atoms with Crippen molar-refractivity contribution in [2.24, 2.45) is 0 Å². The molecule has 14 heteroatoms. The molecule has 3 aliphatic heterocycles. The molecule has 2 N–H and O–H groups in total. The number of aliphatic hydroxyl groups is 1. The van der Waals surface area contributed by atoms with Crippen molar-refractivity contribution in [2.45, 2.75) is 25.4 Å². The molecule has 0 atom stereocenters. The number of piperidine rings is 1. The zero-order valence-electron chi connectivity index (χ0n) is 20.5. The predicted molar refractivity (Wildman–Crippen MR) is 137 cm³/mol. The van der Waals surface area contributed by atoms with E-state index < -0.39 is 35.4 Å². The maximum absolute atomic E-state index is 13.3. The minimum absolute atomic E-state index is 0.0449. The van der Waals surface area contributed by atoms with Crippen molar-refractivity contribution in [2.75, 3.05) is 59.7 Å². The number of alkyl halides is 2. The average molecular weight is 551 g/mol. The van der Waals surface area contributed by atoms with Crippen LogP contribution in [0.15, 0.2) is 40.9 Å². The summed E-state index contributed by atoms with van der Waals surface area (Å²) >= 11 is 0. The van der Waals surface area contributed by atoms with Gasteiger partial charge in [-0.1, -0.05) is 0 Å². The van der Waals surface area contributed by atoms with Gasteiger partial charge >= 0.3 is 0 Å². The number of hydrogen-bond acceptors (Lipinski definition) is 10. The molecular weight excluding hydrogens is 522 g/mol. The number of sulfonamides is 1. The van der Waals surface area contributed by atoms with Gasteiger partial charge in [-0.3, -0.25) is 4.72 Å². The van der Waals surface area contributed by atoms with Gasteiger partial charge in [-0.05, 0) is 43.2 Å². The summed E-state index contributed by atoms with van der Waals surface area (Å²) in [7, 11) is -3.71. The van der Waals surface area contributed by atoms with Crippen molar-refractivity contribution < 1.29 is 31.5 Å². The Kier molecular flexibility index (Phi) is 7.72. The number of nitrogens with one attached hydrogen (secondary N) is 1. The van der Waals surface area contributed by atoms with E-state index in [9.17, 15) is 17.2 Å². The first-order chi connectivity index (χ1) is 18.3. The highest BCUT2D eigenvalue weighted by atomic mass is 32.2. The molecule has 6 rings (SSSR count). The van der Waals surface area contributed by atoms with E-state index in [1.807, 2.05) is 0 Å². The fourth-order valence-electron chi connectivity index (χ4n) is 4.62. The number of rotatable bonds is 6. The molecule has 11 nitrogen and oxygen atoms in total. The van der Waals surface area contributed by atoms with E-state index in [-0.39, 0.29) is 31.0 Å². The van der Waals surface area contributed by atoms with Gasteiger partial charge in [0.25, 0.3) is 6.43 Å². The molecule has 0 saturated carbocycles. The third kappa shape index (κ3) is 6.03. The monoisotopic (exact) mass is 550 g/mol. The Morgan fingerprint density at radius 1 is 1.11 bits per heavy atom. The largest absolute Gasteiger partial charge is 0.416 e. The van der Waals surface area contributed by atoms with E-state index in [4.69, 9.17) is 14.3 Å². The first kappa shape index (κ1) is 26.3. The van der Waals surface area contributed by atoms with Gasteiger partial charge in [0.15, 0.2) is 0 Å². The van der Waals surface area contributed by atoms with Crippen LogP contribution in [0, 0.1) is 0 Å². The fraction of sp³-hybridized carbons (Fsp3) is 0.458. The lowest BCUT2D eigenvalue weighted by Crippen LogP contribution is -2.39. The van der Waals surface area contributed by atoms with Crippen LogP contribution < -0.4 is 14.5 Å². The lowest BCUT2D eigenvalue weighted by atomic mass is 10.0. The van der Waals surface area contributed by atoms with Crippen molar-refractivity contribution in [1.82, 2.24) is 15.2 Å². The van der Waals surface area contributed by atoms with Crippen LogP contribution in [-0.4, -0.2) is 86.4 Å². The van der Waals surface area contributed by atoms with E-state index in [0.29, 0.717) is 54.3 Å². The van der Waals surface area contributed by atoms with Gasteiger partial charge in [-0.25, -0.2) is 22.2 Å². The molecule has 0 radical (unpaired) electrons. The molecule has 1 aromatic carbocycles. The van der Waals surface area contributed by atoms with Crippen LogP contribution in [0.5, 0.6) is 0 Å². The third-order valence-electron chi connectivity index (χ3n) is 6.46. The molecule has 6 bridgehead atoms. The summed E-state index contributed by atoms with van der Waals surface area (Å²) in [5.74, 6) is 0.366. The zero-order valence-corrected chi connectivity index (χ0v) is 21.3. The van der Waals surface area contributed by atoms with E-state index in [1.54, 1.807) is 30.3 Å². The number of benzene rings is 1. The van der Waals surface area contributed by atoms with Gasteiger partial charge in [0, 0.05) is 31.4 Å². The number of nitrogens with zero attached hydrogens (tertiary/aromatic N) is 5. The number of hydrogen-bond donors (Lipinski definition) is 2. The average Bonchev–Trinajstić information content (AvgIpc) is 3.38. The lowest BCUT2D eigenvalue weighted by Gasteiger charge is -2.35. The number of halogens is 2. The topological polar surface area (TPSA) is 134 Å². The summed E-state index contributed by atoms with van der Waals surface area (Å²) in [4.78, 5) is 7.86. The van der Waals surface area contributed by atoms with Crippen molar-refractivity contribution in [3.05, 3.63) is 36.5 Å². The quantitative estimate of drug-likeness (QED) is 0.472. The van der Waals surface area contributed by atoms with Gasteiger partial charge in [-0.15, -0.1) is 10.2 Å². The van der Waals surface area contributed by atoms with Crippen LogP contribution in [0.1, 0.15) is 12.8 Å². The molecule has 0 unspecified atom stereocenters. The lowest BCUT2D eigenvalue weighted by molar-refractivity contribution is 0.0402. The molecule has 5 heterocycles. The van der Waals surface area contributed by atoms with Gasteiger partial charge in [0.1, 0.15) is 5.82 Å². The minimum atomic E-state index is -3.71. The van der Waals surface area contributed by atoms with Crippen molar-refractivity contribution in [3.8, 4) is 22.9 Å². The highest BCUT2D eigenvalue weighted by Gasteiger charge is 2.26. The van der Waals surface area contributed by atoms with Gasteiger partial charge < -0.3 is 24.1 Å². The molecule has 38 heavy (non-hydrogen) atoms. The number of pyridine rings is 1. The molecule has 0 spiro atoms. The molecule has 3 aliphatic rings. The Morgan fingerprint density at radius 2 is 1.89 bits per heavy atom. The maximum atomic E-state index is 13.3. The summed E-state index contributed by atoms with van der Waals surface area (Å²) in [6, 6.07) is 8.30. The maximum Gasteiger partial charge on any atom is 0.255 e. The van der Waals surface area contributed by atoms with Crippen LogP contribution in [0.2, 0.25) is 0 Å². The fourth-order valence-corrected chi connectivity index (χ4v) is 5.45. The standard InChI is InChI=1S/C24H28F2N6O5S/c25-21(26)15-32-9-11-36-18-4-7-31(8-5-18)20-14-17(30-38(34,35)12-10-33)1-2-19(20)24-29-28-23(37-24)16-3-6-27-22(32)13-16/h1-3,6,13-14,18,21,30,33H,4-5,7-12,15H2. The van der Waals surface area contributed by atoms with Crippen LogP contribution in [0.4, 0.5) is 26.0 Å². The first-order valence-electron chi connectivity index (χ1n) is 12.3. The van der Waals surface area contributed by atoms with E-state index in [1.165, 1.54) is 11.1 Å². The van der Waals surface area contributed by atoms with Crippen molar-refractivity contribution in [3.63, 3.8) is 0 Å². The van der Waals surface area contributed by atoms with Crippen LogP contribution in [-0.2, 0) is 14.8 Å². The zero-order chi connectivity index (χ0) is 26.7. The van der Waals surface area contributed by atoms with Gasteiger partial charge in [0.05, 0.1) is 48.6 Å². The van der Waals surface area contributed by atoms with Crippen molar-refractivity contribution in [1.29, 1.82) is 0 Å². The predicted octanol–water partition coefficient (Wildman–Crippen LogP) is 2.60. The normalized spacial score (nSPS) is 16.6. The Morgan fingerprint density at radius 3 is 2.66 bits per heavy atom. The molecule has 1 saturated heterocycles. The van der Waals surface area contributed by atoms with E-state index in [0.717, 1.165) is 0 Å². The highest BCUT2D eigenvalue weighted by molar-refractivity contribution is 7.92. The number of fused-ring (bicyclic) bond motifs is 5. The Hall–Kier alpha value is -3.36.